The molecular weight excluding hydrogens is 250 g/mol. The van der Waals surface area contributed by atoms with E-state index in [9.17, 15) is 0 Å². The third kappa shape index (κ3) is 3.11. The van der Waals surface area contributed by atoms with Crippen LogP contribution in [0.15, 0.2) is 12.7 Å². The van der Waals surface area contributed by atoms with Crippen LogP contribution in [-0.4, -0.2) is 42.7 Å². The summed E-state index contributed by atoms with van der Waals surface area (Å²) in [4.78, 5) is 12.3. The van der Waals surface area contributed by atoms with Crippen molar-refractivity contribution in [2.75, 3.05) is 23.8 Å². The number of hydrogen-bond donors (Lipinski definition) is 2. The van der Waals surface area contributed by atoms with Gasteiger partial charge in [-0.15, -0.1) is 0 Å². The summed E-state index contributed by atoms with van der Waals surface area (Å²) in [5.41, 5.74) is 7.19. The van der Waals surface area contributed by atoms with Gasteiger partial charge in [0, 0.05) is 13.2 Å². The summed E-state index contributed by atoms with van der Waals surface area (Å²) >= 11 is 1.86. The number of imidazole rings is 1. The topological polar surface area (TPSA) is 89.9 Å². The molecule has 98 valence electrons. The Morgan fingerprint density at radius 2 is 2.06 bits per heavy atom. The van der Waals surface area contributed by atoms with Crippen molar-refractivity contribution in [1.82, 2.24) is 19.5 Å². The Bertz CT molecular complexity index is 501. The van der Waals surface area contributed by atoms with Crippen molar-refractivity contribution in [2.24, 2.45) is 0 Å². The van der Waals surface area contributed by atoms with Gasteiger partial charge in [0.25, 0.3) is 0 Å². The minimum atomic E-state index is 0.273. The number of fused-ring (bicyclic) bond motifs is 1. The van der Waals surface area contributed by atoms with Crippen LogP contribution < -0.4 is 5.73 Å². The summed E-state index contributed by atoms with van der Waals surface area (Å²) in [6, 6.07) is 0. The highest BCUT2D eigenvalue weighted by Gasteiger charge is 2.06. The second kappa shape index (κ2) is 6.55. The predicted octanol–water partition coefficient (Wildman–Crippen LogP) is 0.914. The zero-order valence-corrected chi connectivity index (χ0v) is 10.9. The van der Waals surface area contributed by atoms with Crippen LogP contribution in [0.1, 0.15) is 12.8 Å². The van der Waals surface area contributed by atoms with Gasteiger partial charge in [-0.05, 0) is 24.3 Å². The SMILES string of the molecule is Nc1ncnc2c1ncn2CCCSCCCO. The van der Waals surface area contributed by atoms with E-state index in [1.54, 1.807) is 6.33 Å². The molecule has 2 heterocycles. The second-order valence-electron chi connectivity index (χ2n) is 3.91. The zero-order valence-electron chi connectivity index (χ0n) is 10.1. The molecule has 2 aromatic rings. The highest BCUT2D eigenvalue weighted by atomic mass is 32.2. The summed E-state index contributed by atoms with van der Waals surface area (Å²) in [5.74, 6) is 2.51. The van der Waals surface area contributed by atoms with Crippen LogP contribution in [0.25, 0.3) is 11.2 Å². The molecule has 0 aliphatic heterocycles. The lowest BCUT2D eigenvalue weighted by atomic mass is 10.4. The van der Waals surface area contributed by atoms with Crippen LogP contribution in [0.2, 0.25) is 0 Å². The molecule has 3 N–H and O–H groups in total. The number of nitrogens with two attached hydrogens (primary N) is 1. The molecule has 2 aromatic heterocycles. The van der Waals surface area contributed by atoms with Gasteiger partial charge in [0.2, 0.25) is 0 Å². The highest BCUT2D eigenvalue weighted by Crippen LogP contribution is 2.15. The predicted molar refractivity (Wildman–Crippen MR) is 73.4 cm³/mol. The quantitative estimate of drug-likeness (QED) is 0.725. The van der Waals surface area contributed by atoms with Crippen molar-refractivity contribution in [3.8, 4) is 0 Å². The lowest BCUT2D eigenvalue weighted by Crippen LogP contribution is -2.00. The van der Waals surface area contributed by atoms with Crippen LogP contribution in [0.4, 0.5) is 5.82 Å². The first-order valence-corrected chi connectivity index (χ1v) is 7.08. The number of rotatable bonds is 7. The fourth-order valence-corrected chi connectivity index (χ4v) is 2.54. The molecule has 0 spiro atoms. The number of aryl methyl sites for hydroxylation is 1. The lowest BCUT2D eigenvalue weighted by Gasteiger charge is -2.03. The third-order valence-electron chi connectivity index (χ3n) is 2.56. The maximum absolute atomic E-state index is 8.67. The first-order valence-electron chi connectivity index (χ1n) is 5.93. The van der Waals surface area contributed by atoms with E-state index in [0.29, 0.717) is 11.3 Å². The summed E-state index contributed by atoms with van der Waals surface area (Å²) in [5, 5.41) is 8.67. The molecule has 0 saturated heterocycles. The Kier molecular flexibility index (Phi) is 4.77. The molecule has 18 heavy (non-hydrogen) atoms. The van der Waals surface area contributed by atoms with Crippen LogP contribution in [0.5, 0.6) is 0 Å². The highest BCUT2D eigenvalue weighted by molar-refractivity contribution is 7.99. The normalized spacial score (nSPS) is 11.2. The molecule has 0 amide bonds. The van der Waals surface area contributed by atoms with Crippen molar-refractivity contribution in [2.45, 2.75) is 19.4 Å². The number of aliphatic hydroxyl groups excluding tert-OH is 1. The van der Waals surface area contributed by atoms with Crippen LogP contribution in [-0.2, 0) is 6.54 Å². The molecule has 0 aliphatic carbocycles. The van der Waals surface area contributed by atoms with E-state index in [4.69, 9.17) is 10.8 Å². The van der Waals surface area contributed by atoms with Gasteiger partial charge in [-0.2, -0.15) is 11.8 Å². The molecule has 0 radical (unpaired) electrons. The van der Waals surface area contributed by atoms with Gasteiger partial charge >= 0.3 is 0 Å². The minimum absolute atomic E-state index is 0.273. The molecule has 2 rings (SSSR count). The summed E-state index contributed by atoms with van der Waals surface area (Å²) in [6.07, 6.45) is 5.13. The maximum Gasteiger partial charge on any atom is 0.165 e. The number of anilines is 1. The molecule has 6 nitrogen and oxygen atoms in total. The fourth-order valence-electron chi connectivity index (χ4n) is 1.67. The number of thioether (sulfide) groups is 1. The Morgan fingerprint density at radius 1 is 1.22 bits per heavy atom. The molecule has 0 fully saturated rings. The van der Waals surface area contributed by atoms with Crippen LogP contribution in [0, 0.1) is 0 Å². The average molecular weight is 267 g/mol. The first kappa shape index (κ1) is 13.1. The minimum Gasteiger partial charge on any atom is -0.396 e. The second-order valence-corrected chi connectivity index (χ2v) is 5.14. The smallest absolute Gasteiger partial charge is 0.165 e. The van der Waals surface area contributed by atoms with Crippen molar-refractivity contribution in [1.29, 1.82) is 0 Å². The van der Waals surface area contributed by atoms with E-state index < -0.39 is 0 Å². The molecule has 0 aliphatic rings. The average Bonchev–Trinajstić information content (AvgIpc) is 2.79. The van der Waals surface area contributed by atoms with E-state index in [1.807, 2.05) is 16.3 Å². The van der Waals surface area contributed by atoms with Gasteiger partial charge in [0.15, 0.2) is 11.5 Å². The molecule has 0 unspecified atom stereocenters. The van der Waals surface area contributed by atoms with Gasteiger partial charge in [-0.25, -0.2) is 15.0 Å². The van der Waals surface area contributed by atoms with E-state index in [2.05, 4.69) is 15.0 Å². The van der Waals surface area contributed by atoms with E-state index in [-0.39, 0.29) is 6.61 Å². The van der Waals surface area contributed by atoms with Gasteiger partial charge < -0.3 is 15.4 Å². The first-order chi connectivity index (χ1) is 8.83. The standard InChI is InChI=1S/C11H17N5OS/c12-10-9-11(14-7-13-10)16(8-15-9)3-1-5-18-6-2-4-17/h7-8,17H,1-6H2,(H2,12,13,14). The largest absolute Gasteiger partial charge is 0.396 e. The van der Waals surface area contributed by atoms with Crippen LogP contribution >= 0.6 is 11.8 Å². The molecule has 7 heteroatoms. The van der Waals surface area contributed by atoms with E-state index in [0.717, 1.165) is 36.5 Å². The summed E-state index contributed by atoms with van der Waals surface area (Å²) < 4.78 is 2.00. The number of aliphatic hydroxyl groups is 1. The zero-order chi connectivity index (χ0) is 12.8. The van der Waals surface area contributed by atoms with Crippen LogP contribution in [0.3, 0.4) is 0 Å². The number of aromatic nitrogens is 4. The fraction of sp³-hybridized carbons (Fsp3) is 0.545. The van der Waals surface area contributed by atoms with Crippen molar-refractivity contribution in [3.05, 3.63) is 12.7 Å². The Morgan fingerprint density at radius 3 is 2.89 bits per heavy atom. The van der Waals surface area contributed by atoms with Crippen molar-refractivity contribution in [3.63, 3.8) is 0 Å². The molecule has 0 saturated carbocycles. The maximum atomic E-state index is 8.67. The third-order valence-corrected chi connectivity index (χ3v) is 3.72. The monoisotopic (exact) mass is 267 g/mol. The van der Waals surface area contributed by atoms with Crippen molar-refractivity contribution >= 4 is 28.7 Å². The number of nitrogen functional groups attached to an aromatic ring is 1. The van der Waals surface area contributed by atoms with Crippen molar-refractivity contribution < 1.29 is 5.11 Å². The Labute approximate surface area is 110 Å². The molecule has 0 aromatic carbocycles. The summed E-state index contributed by atoms with van der Waals surface area (Å²) in [6.45, 7) is 1.15. The van der Waals surface area contributed by atoms with Gasteiger partial charge in [0.05, 0.1) is 6.33 Å². The van der Waals surface area contributed by atoms with Gasteiger partial charge in [-0.1, -0.05) is 0 Å². The molecular formula is C11H17N5OS. The summed E-state index contributed by atoms with van der Waals surface area (Å²) in [7, 11) is 0. The number of nitrogens with zero attached hydrogens (tertiary/aromatic N) is 4. The lowest BCUT2D eigenvalue weighted by molar-refractivity contribution is 0.296. The Hall–Kier alpha value is -1.34. The van der Waals surface area contributed by atoms with E-state index >= 15 is 0 Å². The Balaban J connectivity index is 1.86. The van der Waals surface area contributed by atoms with Gasteiger partial charge in [-0.3, -0.25) is 0 Å². The molecule has 0 atom stereocenters. The van der Waals surface area contributed by atoms with Gasteiger partial charge in [0.1, 0.15) is 11.8 Å². The number of hydrogen-bond acceptors (Lipinski definition) is 6. The van der Waals surface area contributed by atoms with E-state index in [1.165, 1.54) is 6.33 Å². The molecule has 0 bridgehead atoms.